The summed E-state index contributed by atoms with van der Waals surface area (Å²) in [4.78, 5) is 41.5. The minimum Gasteiger partial charge on any atom is -0.464 e. The van der Waals surface area contributed by atoms with Gasteiger partial charge in [0.05, 0.1) is 18.4 Å². The highest BCUT2D eigenvalue weighted by atomic mass is 32.1. The molecule has 1 aromatic carbocycles. The van der Waals surface area contributed by atoms with Crippen molar-refractivity contribution in [2.75, 3.05) is 18.5 Å². The number of esters is 2. The van der Waals surface area contributed by atoms with Crippen LogP contribution >= 0.6 is 11.3 Å². The van der Waals surface area contributed by atoms with Crippen LogP contribution in [0.3, 0.4) is 0 Å². The summed E-state index contributed by atoms with van der Waals surface area (Å²) >= 11 is 1.14. The first kappa shape index (κ1) is 21.3. The monoisotopic (exact) mass is 450 g/mol. The molecular formula is C23H18N2O6S. The van der Waals surface area contributed by atoms with E-state index in [1.165, 1.54) is 12.3 Å². The number of rotatable bonds is 7. The number of pyridine rings is 1. The number of para-hydroxylation sites is 1. The fraction of sp³-hybridized carbons (Fsp3) is 0.130. The van der Waals surface area contributed by atoms with Crippen molar-refractivity contribution in [3.63, 3.8) is 0 Å². The highest BCUT2D eigenvalue weighted by Gasteiger charge is 2.24. The molecule has 1 amide bonds. The number of amides is 1. The van der Waals surface area contributed by atoms with Gasteiger partial charge in [-0.1, -0.05) is 24.3 Å². The van der Waals surface area contributed by atoms with Crippen LogP contribution in [0.4, 0.5) is 5.00 Å². The molecule has 0 bridgehead atoms. The van der Waals surface area contributed by atoms with Crippen molar-refractivity contribution in [2.24, 2.45) is 0 Å². The van der Waals surface area contributed by atoms with E-state index in [-0.39, 0.29) is 22.9 Å². The number of nitrogens with zero attached hydrogens (tertiary/aromatic N) is 1. The van der Waals surface area contributed by atoms with Gasteiger partial charge in [0, 0.05) is 16.3 Å². The molecule has 0 aliphatic heterocycles. The normalized spacial score (nSPS) is 10.7. The second kappa shape index (κ2) is 9.44. The zero-order chi connectivity index (χ0) is 22.5. The molecule has 9 heteroatoms. The van der Waals surface area contributed by atoms with Gasteiger partial charge in [0.2, 0.25) is 0 Å². The minimum atomic E-state index is -0.723. The second-order valence-electron chi connectivity index (χ2n) is 6.56. The maximum absolute atomic E-state index is 12.5. The summed E-state index contributed by atoms with van der Waals surface area (Å²) < 4.78 is 15.6. The van der Waals surface area contributed by atoms with E-state index in [0.717, 1.165) is 16.7 Å². The van der Waals surface area contributed by atoms with Gasteiger partial charge < -0.3 is 19.2 Å². The van der Waals surface area contributed by atoms with Crippen LogP contribution in [0.25, 0.3) is 22.2 Å². The molecule has 0 radical (unpaired) electrons. The van der Waals surface area contributed by atoms with Crippen molar-refractivity contribution in [3.8, 4) is 11.3 Å². The van der Waals surface area contributed by atoms with Crippen molar-refractivity contribution < 1.29 is 28.3 Å². The fourth-order valence-corrected chi connectivity index (χ4v) is 3.97. The Morgan fingerprint density at radius 3 is 2.66 bits per heavy atom. The Morgan fingerprint density at radius 1 is 1.03 bits per heavy atom. The number of furan rings is 1. The number of thiophene rings is 1. The molecule has 0 atom stereocenters. The number of carbonyl (C=O) groups excluding carboxylic acids is 3. The zero-order valence-electron chi connectivity index (χ0n) is 17.0. The van der Waals surface area contributed by atoms with Crippen molar-refractivity contribution in [1.82, 2.24) is 4.98 Å². The number of ether oxygens (including phenoxy) is 2. The van der Waals surface area contributed by atoms with Crippen molar-refractivity contribution in [3.05, 3.63) is 71.4 Å². The van der Waals surface area contributed by atoms with E-state index in [9.17, 15) is 14.4 Å². The summed E-state index contributed by atoms with van der Waals surface area (Å²) in [7, 11) is 0. The lowest BCUT2D eigenvalue weighted by Crippen LogP contribution is -2.22. The van der Waals surface area contributed by atoms with Gasteiger partial charge >= 0.3 is 11.9 Å². The average Bonchev–Trinajstić information content (AvgIpc) is 3.47. The molecule has 0 saturated heterocycles. The van der Waals surface area contributed by atoms with E-state index in [1.54, 1.807) is 36.6 Å². The van der Waals surface area contributed by atoms with E-state index in [2.05, 4.69) is 10.3 Å². The number of hydrogen-bond acceptors (Lipinski definition) is 8. The molecule has 3 heterocycles. The summed E-state index contributed by atoms with van der Waals surface area (Å²) in [5.74, 6) is -1.44. The van der Waals surface area contributed by atoms with E-state index < -0.39 is 24.5 Å². The van der Waals surface area contributed by atoms with Gasteiger partial charge in [-0.25, -0.2) is 14.6 Å². The molecule has 0 saturated carbocycles. The lowest BCUT2D eigenvalue weighted by Gasteiger charge is -2.08. The lowest BCUT2D eigenvalue weighted by molar-refractivity contribution is -0.119. The Hall–Kier alpha value is -3.98. The van der Waals surface area contributed by atoms with Crippen LogP contribution in [0, 0.1) is 0 Å². The van der Waals surface area contributed by atoms with Gasteiger partial charge in [-0.2, -0.15) is 0 Å². The molecule has 1 N–H and O–H groups in total. The topological polar surface area (TPSA) is 108 Å². The van der Waals surface area contributed by atoms with Crippen LogP contribution in [0.5, 0.6) is 0 Å². The number of fused-ring (bicyclic) bond motifs is 1. The molecule has 4 rings (SSSR count). The van der Waals surface area contributed by atoms with Gasteiger partial charge in [-0.05, 0) is 31.2 Å². The molecule has 0 unspecified atom stereocenters. The molecule has 8 nitrogen and oxygen atoms in total. The van der Waals surface area contributed by atoms with Crippen LogP contribution < -0.4 is 5.32 Å². The molecule has 162 valence electrons. The smallest absolute Gasteiger partial charge is 0.357 e. The summed E-state index contributed by atoms with van der Waals surface area (Å²) in [5, 5.41) is 5.46. The summed E-state index contributed by atoms with van der Waals surface area (Å²) in [5.41, 5.74) is 1.43. The van der Waals surface area contributed by atoms with E-state index >= 15 is 0 Å². The zero-order valence-corrected chi connectivity index (χ0v) is 17.8. The molecule has 0 aliphatic carbocycles. The Balaban J connectivity index is 1.45. The predicted molar refractivity (Wildman–Crippen MR) is 119 cm³/mol. The number of benzene rings is 1. The molecule has 4 aromatic rings. The Labute approximate surface area is 186 Å². The summed E-state index contributed by atoms with van der Waals surface area (Å²) in [6.45, 7) is 1.33. The predicted octanol–water partition coefficient (Wildman–Crippen LogP) is 4.53. The van der Waals surface area contributed by atoms with Crippen LogP contribution in [0.1, 0.15) is 27.8 Å². The first-order valence-corrected chi connectivity index (χ1v) is 10.6. The first-order chi connectivity index (χ1) is 15.6. The largest absolute Gasteiger partial charge is 0.464 e. The van der Waals surface area contributed by atoms with E-state index in [4.69, 9.17) is 13.9 Å². The second-order valence-corrected chi connectivity index (χ2v) is 7.44. The summed E-state index contributed by atoms with van der Waals surface area (Å²) in [6.07, 6.45) is 1.49. The maximum Gasteiger partial charge on any atom is 0.357 e. The van der Waals surface area contributed by atoms with Crippen molar-refractivity contribution in [1.29, 1.82) is 0 Å². The van der Waals surface area contributed by atoms with Gasteiger partial charge in [0.15, 0.2) is 6.61 Å². The number of anilines is 1. The molecule has 3 aromatic heterocycles. The Morgan fingerprint density at radius 2 is 1.88 bits per heavy atom. The van der Waals surface area contributed by atoms with Gasteiger partial charge in [-0.3, -0.25) is 4.79 Å². The Kier molecular flexibility index (Phi) is 6.27. The van der Waals surface area contributed by atoms with E-state index in [0.29, 0.717) is 16.8 Å². The SMILES string of the molecule is CCOC(=O)c1c(-c2ccco2)csc1NC(=O)COC(=O)c1ccc2ccccc2n1. The number of carbonyl (C=O) groups is 3. The van der Waals surface area contributed by atoms with Crippen LogP contribution in [0.15, 0.2) is 64.6 Å². The Bertz CT molecular complexity index is 1280. The average molecular weight is 450 g/mol. The summed E-state index contributed by atoms with van der Waals surface area (Å²) in [6, 6.07) is 14.0. The molecular weight excluding hydrogens is 432 g/mol. The van der Waals surface area contributed by atoms with Crippen LogP contribution in [-0.4, -0.2) is 36.0 Å². The quantitative estimate of drug-likeness (QED) is 0.412. The number of hydrogen-bond donors (Lipinski definition) is 1. The molecule has 0 aliphatic rings. The number of aromatic nitrogens is 1. The molecule has 32 heavy (non-hydrogen) atoms. The number of nitrogens with one attached hydrogen (secondary N) is 1. The minimum absolute atomic E-state index is 0.0972. The highest BCUT2D eigenvalue weighted by Crippen LogP contribution is 2.36. The van der Waals surface area contributed by atoms with Gasteiger partial charge in [0.25, 0.3) is 5.91 Å². The molecule has 0 fully saturated rings. The molecule has 0 spiro atoms. The third-order valence-electron chi connectivity index (χ3n) is 4.45. The van der Waals surface area contributed by atoms with Gasteiger partial charge in [0.1, 0.15) is 22.0 Å². The van der Waals surface area contributed by atoms with Crippen LogP contribution in [-0.2, 0) is 14.3 Å². The van der Waals surface area contributed by atoms with Crippen molar-refractivity contribution in [2.45, 2.75) is 6.92 Å². The maximum atomic E-state index is 12.5. The lowest BCUT2D eigenvalue weighted by atomic mass is 10.1. The first-order valence-electron chi connectivity index (χ1n) is 9.72. The van der Waals surface area contributed by atoms with Crippen LogP contribution in [0.2, 0.25) is 0 Å². The fourth-order valence-electron chi connectivity index (χ4n) is 3.02. The standard InChI is InChI=1S/C23H18N2O6S/c1-2-29-23(28)20-15(18-8-5-11-30-18)13-32-21(20)25-19(26)12-31-22(27)17-10-9-14-6-3-4-7-16(14)24-17/h3-11,13H,2,12H2,1H3,(H,25,26). The third kappa shape index (κ3) is 4.52. The van der Waals surface area contributed by atoms with E-state index in [1.807, 2.05) is 18.2 Å². The highest BCUT2D eigenvalue weighted by molar-refractivity contribution is 7.15. The van der Waals surface area contributed by atoms with Gasteiger partial charge in [-0.15, -0.1) is 11.3 Å². The third-order valence-corrected chi connectivity index (χ3v) is 5.35. The van der Waals surface area contributed by atoms with Crippen molar-refractivity contribution >= 4 is 45.1 Å².